The Morgan fingerprint density at radius 2 is 1.86 bits per heavy atom. The van der Waals surface area contributed by atoms with Crippen LogP contribution < -0.4 is 10.7 Å². The number of carbonyl (C=O) groups is 2. The van der Waals surface area contributed by atoms with E-state index in [2.05, 4.69) is 5.32 Å². The second-order valence-electron chi connectivity index (χ2n) is 10.9. The first-order valence-electron chi connectivity index (χ1n) is 13.6. The monoisotopic (exact) mass is 583 g/mol. The van der Waals surface area contributed by atoms with Crippen LogP contribution >= 0.6 is 0 Å². The number of rotatable bonds is 5. The Kier molecular flexibility index (Phi) is 7.06. The van der Waals surface area contributed by atoms with Crippen molar-refractivity contribution in [3.05, 3.63) is 98.7 Å². The highest BCUT2D eigenvalue weighted by Crippen LogP contribution is 2.46. The third kappa shape index (κ3) is 4.74. The van der Waals surface area contributed by atoms with Crippen LogP contribution in [0.15, 0.2) is 53.5 Å². The molecule has 0 unspecified atom stereocenters. The number of pyridine rings is 1. The maximum atomic E-state index is 14.1. The first-order chi connectivity index (χ1) is 20.1. The van der Waals surface area contributed by atoms with E-state index in [1.165, 1.54) is 4.57 Å². The van der Waals surface area contributed by atoms with Crippen molar-refractivity contribution in [3.63, 3.8) is 0 Å². The Labute approximate surface area is 238 Å². The van der Waals surface area contributed by atoms with E-state index in [1.807, 2.05) is 37.3 Å². The van der Waals surface area contributed by atoms with Crippen LogP contribution in [-0.4, -0.2) is 57.5 Å². The molecule has 2 N–H and O–H groups in total. The van der Waals surface area contributed by atoms with Crippen LogP contribution in [0.5, 0.6) is 5.75 Å². The first-order valence-corrected chi connectivity index (χ1v) is 13.6. The predicted molar refractivity (Wildman–Crippen MR) is 142 cm³/mol. The zero-order valence-corrected chi connectivity index (χ0v) is 22.6. The molecule has 220 valence electrons. The quantitative estimate of drug-likeness (QED) is 0.477. The number of amides is 2. The van der Waals surface area contributed by atoms with Crippen molar-refractivity contribution in [1.82, 2.24) is 14.8 Å². The summed E-state index contributed by atoms with van der Waals surface area (Å²) >= 11 is 0. The van der Waals surface area contributed by atoms with Gasteiger partial charge in [0.1, 0.15) is 29.1 Å². The number of nitrogens with one attached hydrogen (secondary N) is 1. The SMILES string of the molecule is C[C@H]1CC[C@@]2(OC[C@@H](Cc3ccccc3)O2)[C@H]2CN1C(=O)c1c(O)c(=O)c(C(=O)NCc3c(F)cc(F)cc3F)cn12. The van der Waals surface area contributed by atoms with E-state index >= 15 is 0 Å². The highest BCUT2D eigenvalue weighted by Gasteiger charge is 2.55. The summed E-state index contributed by atoms with van der Waals surface area (Å²) in [5, 5.41) is 13.2. The standard InChI is InChI=1S/C30H28F3N3O6/c1-16-7-8-30(41-15-19(42-30)9-17-5-3-2-4-6-17)24-14-35(16)29(40)25-27(38)26(37)21(13-36(24)25)28(39)34-12-20-22(32)10-18(31)11-23(20)33/h2-6,10-11,13,16,19,24,38H,7-9,12,14-15H2,1H3,(H,34,39)/t16-,19+,24+,30-/m0/s1. The summed E-state index contributed by atoms with van der Waals surface area (Å²) in [6.45, 7) is 1.59. The number of ether oxygens (including phenoxy) is 2. The fourth-order valence-electron chi connectivity index (χ4n) is 6.07. The number of carbonyl (C=O) groups excluding carboxylic acids is 2. The fraction of sp³-hybridized carbons (Fsp3) is 0.367. The second kappa shape index (κ2) is 10.6. The minimum absolute atomic E-state index is 0.139. The Bertz CT molecular complexity index is 1610. The lowest BCUT2D eigenvalue weighted by Gasteiger charge is -2.42. The lowest BCUT2D eigenvalue weighted by molar-refractivity contribution is -0.202. The van der Waals surface area contributed by atoms with E-state index in [1.54, 1.807) is 4.90 Å². The molecule has 6 rings (SSSR count). The number of aromatic hydroxyl groups is 1. The smallest absolute Gasteiger partial charge is 0.274 e. The molecule has 4 atom stereocenters. The number of hydrogen-bond acceptors (Lipinski definition) is 6. The van der Waals surface area contributed by atoms with Gasteiger partial charge in [-0.3, -0.25) is 14.4 Å². The van der Waals surface area contributed by atoms with Crippen molar-refractivity contribution in [2.45, 2.75) is 56.7 Å². The van der Waals surface area contributed by atoms with Crippen molar-refractivity contribution < 1.29 is 37.3 Å². The van der Waals surface area contributed by atoms with Crippen molar-refractivity contribution >= 4 is 11.8 Å². The van der Waals surface area contributed by atoms with Gasteiger partial charge in [-0.2, -0.15) is 0 Å². The Morgan fingerprint density at radius 1 is 1.14 bits per heavy atom. The Hall–Kier alpha value is -4.16. The molecule has 42 heavy (non-hydrogen) atoms. The molecule has 9 nitrogen and oxygen atoms in total. The number of hydrogen-bond donors (Lipinski definition) is 2. The summed E-state index contributed by atoms with van der Waals surface area (Å²) < 4.78 is 55.8. The Morgan fingerprint density at radius 3 is 2.57 bits per heavy atom. The molecule has 3 aromatic rings. The van der Waals surface area contributed by atoms with E-state index < -0.39 is 69.9 Å². The molecule has 2 bridgehead atoms. The zero-order chi connectivity index (χ0) is 29.8. The topological polar surface area (TPSA) is 110 Å². The van der Waals surface area contributed by atoms with Gasteiger partial charge in [0.05, 0.1) is 12.7 Å². The third-order valence-electron chi connectivity index (χ3n) is 8.29. The van der Waals surface area contributed by atoms with Gasteiger partial charge in [0.15, 0.2) is 17.2 Å². The number of fused-ring (bicyclic) bond motifs is 5. The maximum Gasteiger partial charge on any atom is 0.274 e. The molecule has 12 heteroatoms. The molecular weight excluding hydrogens is 555 g/mol. The summed E-state index contributed by atoms with van der Waals surface area (Å²) in [5.41, 5.74) is -1.52. The molecule has 2 amide bonds. The van der Waals surface area contributed by atoms with E-state index in [4.69, 9.17) is 9.47 Å². The normalized spacial score (nSPS) is 24.9. The van der Waals surface area contributed by atoms with E-state index in [9.17, 15) is 32.7 Å². The number of benzene rings is 2. The molecule has 2 fully saturated rings. The molecule has 4 heterocycles. The van der Waals surface area contributed by atoms with Crippen molar-refractivity contribution in [2.24, 2.45) is 0 Å². The fourth-order valence-corrected chi connectivity index (χ4v) is 6.07. The second-order valence-corrected chi connectivity index (χ2v) is 10.9. The average molecular weight is 584 g/mol. The summed E-state index contributed by atoms with van der Waals surface area (Å²) in [7, 11) is 0. The summed E-state index contributed by atoms with van der Waals surface area (Å²) in [6, 6.07) is 9.73. The van der Waals surface area contributed by atoms with Gasteiger partial charge in [-0.05, 0) is 18.9 Å². The van der Waals surface area contributed by atoms with Crippen molar-refractivity contribution in [1.29, 1.82) is 0 Å². The van der Waals surface area contributed by atoms with Gasteiger partial charge in [-0.25, -0.2) is 13.2 Å². The van der Waals surface area contributed by atoms with Crippen LogP contribution in [0.25, 0.3) is 0 Å². The summed E-state index contributed by atoms with van der Waals surface area (Å²) in [5.74, 6) is -7.30. The number of nitrogens with zero attached hydrogens (tertiary/aromatic N) is 2. The molecule has 0 radical (unpaired) electrons. The minimum atomic E-state index is -1.21. The van der Waals surface area contributed by atoms with Crippen LogP contribution in [0.3, 0.4) is 0 Å². The van der Waals surface area contributed by atoms with Gasteiger partial charge in [-0.15, -0.1) is 0 Å². The molecule has 0 saturated carbocycles. The molecule has 1 aromatic heterocycles. The summed E-state index contributed by atoms with van der Waals surface area (Å²) in [4.78, 5) is 41.3. The van der Waals surface area contributed by atoms with Gasteiger partial charge in [0, 0.05) is 55.9 Å². The molecule has 3 aliphatic heterocycles. The van der Waals surface area contributed by atoms with E-state index in [-0.39, 0.29) is 31.0 Å². The molecule has 1 spiro atoms. The number of aromatic nitrogens is 1. The van der Waals surface area contributed by atoms with Gasteiger partial charge in [-0.1, -0.05) is 30.3 Å². The molecule has 2 aromatic carbocycles. The zero-order valence-electron chi connectivity index (χ0n) is 22.6. The number of halogens is 3. The average Bonchev–Trinajstić information content (AvgIpc) is 3.31. The largest absolute Gasteiger partial charge is 0.503 e. The van der Waals surface area contributed by atoms with Crippen molar-refractivity contribution in [2.75, 3.05) is 13.2 Å². The lowest BCUT2D eigenvalue weighted by Crippen LogP contribution is -2.52. The van der Waals surface area contributed by atoms with Crippen LogP contribution in [0.2, 0.25) is 0 Å². The van der Waals surface area contributed by atoms with Crippen LogP contribution in [0.4, 0.5) is 13.2 Å². The lowest BCUT2D eigenvalue weighted by atomic mass is 9.99. The van der Waals surface area contributed by atoms with E-state index in [0.29, 0.717) is 31.4 Å². The molecular formula is C30H28F3N3O6. The highest BCUT2D eigenvalue weighted by molar-refractivity contribution is 5.99. The van der Waals surface area contributed by atoms with Crippen molar-refractivity contribution in [3.8, 4) is 5.75 Å². The molecule has 0 aliphatic carbocycles. The van der Waals surface area contributed by atoms with E-state index in [0.717, 1.165) is 11.8 Å². The van der Waals surface area contributed by atoms with Gasteiger partial charge in [0.25, 0.3) is 11.8 Å². The maximum absolute atomic E-state index is 14.1. The predicted octanol–water partition coefficient (Wildman–Crippen LogP) is 3.43. The molecule has 2 saturated heterocycles. The van der Waals surface area contributed by atoms with Crippen LogP contribution in [0, 0.1) is 17.5 Å². The Balaban J connectivity index is 1.35. The summed E-state index contributed by atoms with van der Waals surface area (Å²) in [6.07, 6.45) is 2.37. The van der Waals surface area contributed by atoms with Crippen LogP contribution in [0.1, 0.15) is 57.8 Å². The minimum Gasteiger partial charge on any atom is -0.503 e. The van der Waals surface area contributed by atoms with Crippen LogP contribution in [-0.2, 0) is 22.4 Å². The third-order valence-corrected chi connectivity index (χ3v) is 8.29. The van der Waals surface area contributed by atoms with Gasteiger partial charge >= 0.3 is 0 Å². The van der Waals surface area contributed by atoms with Gasteiger partial charge < -0.3 is 29.4 Å². The highest BCUT2D eigenvalue weighted by atomic mass is 19.1. The molecule has 3 aliphatic rings. The van der Waals surface area contributed by atoms with Gasteiger partial charge in [0.2, 0.25) is 5.43 Å². The first kappa shape index (κ1) is 28.0.